The number of fused-ring (bicyclic) bond motifs is 1. The molecule has 2 aromatic carbocycles. The Hall–Kier alpha value is -3.55. The number of aromatic nitrogens is 2. The number of benzene rings is 2. The topological polar surface area (TPSA) is 81.5 Å². The van der Waals surface area contributed by atoms with E-state index >= 15 is 0 Å². The van der Waals surface area contributed by atoms with Crippen molar-refractivity contribution in [1.82, 2.24) is 14.7 Å². The van der Waals surface area contributed by atoms with Gasteiger partial charge in [0.15, 0.2) is 12.3 Å². The van der Waals surface area contributed by atoms with Crippen LogP contribution in [0.5, 0.6) is 0 Å². The van der Waals surface area contributed by atoms with E-state index in [0.717, 1.165) is 0 Å². The number of aryl methyl sites for hydroxylation is 1. The first-order valence-corrected chi connectivity index (χ1v) is 9.06. The monoisotopic (exact) mass is 397 g/mol. The van der Waals surface area contributed by atoms with Crippen molar-refractivity contribution in [3.63, 3.8) is 0 Å². The van der Waals surface area contributed by atoms with Crippen molar-refractivity contribution in [1.29, 1.82) is 0 Å². The Morgan fingerprint density at radius 3 is 2.55 bits per heavy atom. The van der Waals surface area contributed by atoms with E-state index in [9.17, 15) is 18.8 Å². The van der Waals surface area contributed by atoms with Crippen molar-refractivity contribution >= 4 is 22.6 Å². The lowest BCUT2D eigenvalue weighted by molar-refractivity contribution is -0.133. The summed E-state index contributed by atoms with van der Waals surface area (Å²) in [7, 11) is 1.53. The molecule has 29 heavy (non-hydrogen) atoms. The van der Waals surface area contributed by atoms with Gasteiger partial charge in [-0.25, -0.2) is 13.9 Å². The molecule has 0 spiro atoms. The number of hydrogen-bond donors (Lipinski definition) is 0. The van der Waals surface area contributed by atoms with Gasteiger partial charge in [0.05, 0.1) is 5.39 Å². The summed E-state index contributed by atoms with van der Waals surface area (Å²) in [5.41, 5.74) is 0.294. The lowest BCUT2D eigenvalue weighted by atomic mass is 10.1. The molecular weight excluding hydrogens is 377 g/mol. The van der Waals surface area contributed by atoms with Crippen LogP contribution in [0.15, 0.2) is 53.3 Å². The molecule has 0 atom stereocenters. The van der Waals surface area contributed by atoms with Gasteiger partial charge in [-0.3, -0.25) is 9.59 Å². The van der Waals surface area contributed by atoms with Gasteiger partial charge in [-0.15, -0.1) is 0 Å². The second kappa shape index (κ2) is 8.64. The average Bonchev–Trinajstić information content (AvgIpc) is 2.72. The highest BCUT2D eigenvalue weighted by atomic mass is 19.1. The van der Waals surface area contributed by atoms with E-state index in [2.05, 4.69) is 5.10 Å². The highest BCUT2D eigenvalue weighted by Gasteiger charge is 2.19. The van der Waals surface area contributed by atoms with Crippen LogP contribution in [0.3, 0.4) is 0 Å². The lowest BCUT2D eigenvalue weighted by Crippen LogP contribution is -2.31. The van der Waals surface area contributed by atoms with E-state index < -0.39 is 24.3 Å². The second-order valence-corrected chi connectivity index (χ2v) is 6.47. The maximum Gasteiger partial charge on any atom is 0.359 e. The molecule has 8 heteroatoms. The summed E-state index contributed by atoms with van der Waals surface area (Å²) in [4.78, 5) is 38.5. The molecule has 1 heterocycles. The van der Waals surface area contributed by atoms with Gasteiger partial charge in [0.1, 0.15) is 5.82 Å². The van der Waals surface area contributed by atoms with Gasteiger partial charge in [-0.2, -0.15) is 5.10 Å². The zero-order chi connectivity index (χ0) is 21.0. The number of halogens is 1. The van der Waals surface area contributed by atoms with Crippen molar-refractivity contribution in [3.05, 3.63) is 76.0 Å². The third-order valence-electron chi connectivity index (χ3n) is 4.42. The van der Waals surface area contributed by atoms with E-state index in [4.69, 9.17) is 4.74 Å². The predicted octanol–water partition coefficient (Wildman–Crippen LogP) is 2.37. The van der Waals surface area contributed by atoms with Gasteiger partial charge in [0.25, 0.3) is 11.5 Å². The number of esters is 1. The Bertz CT molecular complexity index is 1130. The van der Waals surface area contributed by atoms with E-state index in [0.29, 0.717) is 22.9 Å². The molecule has 1 amide bonds. The minimum atomic E-state index is -0.795. The van der Waals surface area contributed by atoms with Crippen LogP contribution in [-0.2, 0) is 22.6 Å². The largest absolute Gasteiger partial charge is 0.451 e. The fourth-order valence-corrected chi connectivity index (χ4v) is 2.90. The molecule has 3 rings (SSSR count). The zero-order valence-electron chi connectivity index (χ0n) is 16.1. The van der Waals surface area contributed by atoms with Gasteiger partial charge in [-0.05, 0) is 30.7 Å². The molecule has 1 aromatic heterocycles. The summed E-state index contributed by atoms with van der Waals surface area (Å²) < 4.78 is 19.6. The normalized spacial score (nSPS) is 10.7. The van der Waals surface area contributed by atoms with Crippen molar-refractivity contribution < 1.29 is 18.7 Å². The molecule has 0 aliphatic rings. The summed E-state index contributed by atoms with van der Waals surface area (Å²) in [6, 6.07) is 12.5. The van der Waals surface area contributed by atoms with Crippen LogP contribution in [0.4, 0.5) is 4.39 Å². The molecule has 0 fully saturated rings. The SMILES string of the molecule is CCn1nc(C(=O)OCC(=O)N(C)Cc2cccc(F)c2)c2ccccc2c1=O. The average molecular weight is 397 g/mol. The van der Waals surface area contributed by atoms with Gasteiger partial charge in [-0.1, -0.05) is 30.3 Å². The molecule has 0 saturated carbocycles. The Morgan fingerprint density at radius 1 is 1.14 bits per heavy atom. The zero-order valence-corrected chi connectivity index (χ0v) is 16.1. The number of carbonyl (C=O) groups is 2. The standard InChI is InChI=1S/C21H20FN3O4/c1-3-25-20(27)17-10-5-4-9-16(17)19(23-25)21(28)29-13-18(26)24(2)12-14-7-6-8-15(22)11-14/h4-11H,3,12-13H2,1-2H3. The van der Waals surface area contributed by atoms with E-state index in [1.807, 2.05) is 0 Å². The third kappa shape index (κ3) is 4.48. The number of ether oxygens (including phenoxy) is 1. The van der Waals surface area contributed by atoms with Crippen LogP contribution in [0.2, 0.25) is 0 Å². The van der Waals surface area contributed by atoms with Crippen molar-refractivity contribution in [2.45, 2.75) is 20.0 Å². The first-order valence-electron chi connectivity index (χ1n) is 9.06. The lowest BCUT2D eigenvalue weighted by Gasteiger charge is -2.17. The molecule has 7 nitrogen and oxygen atoms in total. The highest BCUT2D eigenvalue weighted by Crippen LogP contribution is 2.14. The number of rotatable bonds is 6. The third-order valence-corrected chi connectivity index (χ3v) is 4.42. The molecular formula is C21H20FN3O4. The number of likely N-dealkylation sites (N-methyl/N-ethyl adjacent to an activating group) is 1. The van der Waals surface area contributed by atoms with Crippen LogP contribution in [0.25, 0.3) is 10.8 Å². The van der Waals surface area contributed by atoms with Crippen molar-refractivity contribution in [2.24, 2.45) is 0 Å². The first-order chi connectivity index (χ1) is 13.9. The maximum absolute atomic E-state index is 13.3. The van der Waals surface area contributed by atoms with E-state index in [1.54, 1.807) is 43.3 Å². The summed E-state index contributed by atoms with van der Waals surface area (Å²) in [6.45, 7) is 1.71. The summed E-state index contributed by atoms with van der Waals surface area (Å²) >= 11 is 0. The van der Waals surface area contributed by atoms with Crippen LogP contribution < -0.4 is 5.56 Å². The first kappa shape index (κ1) is 20.2. The predicted molar refractivity (Wildman–Crippen MR) is 105 cm³/mol. The van der Waals surface area contributed by atoms with Gasteiger partial charge in [0, 0.05) is 25.5 Å². The molecule has 0 saturated heterocycles. The summed E-state index contributed by atoms with van der Waals surface area (Å²) in [5, 5.41) is 4.80. The van der Waals surface area contributed by atoms with Crippen LogP contribution >= 0.6 is 0 Å². The molecule has 0 unspecified atom stereocenters. The maximum atomic E-state index is 13.3. The smallest absolute Gasteiger partial charge is 0.359 e. The Labute approximate surface area is 166 Å². The highest BCUT2D eigenvalue weighted by molar-refractivity contribution is 6.02. The second-order valence-electron chi connectivity index (χ2n) is 6.47. The Kier molecular flexibility index (Phi) is 6.01. The summed E-state index contributed by atoms with van der Waals surface area (Å²) in [6.07, 6.45) is 0. The molecule has 3 aromatic rings. The van der Waals surface area contributed by atoms with Gasteiger partial charge < -0.3 is 9.64 Å². The van der Waals surface area contributed by atoms with E-state index in [-0.39, 0.29) is 17.8 Å². The van der Waals surface area contributed by atoms with Gasteiger partial charge >= 0.3 is 5.97 Å². The Balaban J connectivity index is 1.73. The van der Waals surface area contributed by atoms with Crippen molar-refractivity contribution in [3.8, 4) is 0 Å². The summed E-state index contributed by atoms with van der Waals surface area (Å²) in [5.74, 6) is -1.63. The fraction of sp³-hybridized carbons (Fsp3) is 0.238. The molecule has 0 aliphatic carbocycles. The number of carbonyl (C=O) groups excluding carboxylic acids is 2. The molecule has 0 aliphatic heterocycles. The van der Waals surface area contributed by atoms with Crippen LogP contribution in [0.1, 0.15) is 23.0 Å². The number of nitrogens with zero attached hydrogens (tertiary/aromatic N) is 3. The Morgan fingerprint density at radius 2 is 1.86 bits per heavy atom. The fourth-order valence-electron chi connectivity index (χ4n) is 2.90. The minimum absolute atomic E-state index is 0.0253. The molecule has 150 valence electrons. The minimum Gasteiger partial charge on any atom is -0.451 e. The number of amides is 1. The molecule has 0 radical (unpaired) electrons. The number of hydrogen-bond acceptors (Lipinski definition) is 5. The van der Waals surface area contributed by atoms with Crippen LogP contribution in [-0.4, -0.2) is 40.2 Å². The quantitative estimate of drug-likeness (QED) is 0.597. The molecule has 0 bridgehead atoms. The van der Waals surface area contributed by atoms with Gasteiger partial charge in [0.2, 0.25) is 0 Å². The molecule has 0 N–H and O–H groups in total. The van der Waals surface area contributed by atoms with Crippen LogP contribution in [0, 0.1) is 5.82 Å². The van der Waals surface area contributed by atoms with E-state index in [1.165, 1.54) is 28.8 Å². The van der Waals surface area contributed by atoms with Crippen molar-refractivity contribution in [2.75, 3.05) is 13.7 Å².